The highest BCUT2D eigenvalue weighted by Gasteiger charge is 2.08. The summed E-state index contributed by atoms with van der Waals surface area (Å²) in [6.45, 7) is 6.15. The molecule has 1 N–H and O–H groups in total. The summed E-state index contributed by atoms with van der Waals surface area (Å²) in [6, 6.07) is 0.347. The average Bonchev–Trinajstić information content (AvgIpc) is 2.50. The van der Waals surface area contributed by atoms with Crippen molar-refractivity contribution in [1.82, 2.24) is 9.36 Å². The van der Waals surface area contributed by atoms with Crippen LogP contribution in [0.3, 0.4) is 0 Å². The Kier molecular flexibility index (Phi) is 4.62. The lowest BCUT2D eigenvalue weighted by Crippen LogP contribution is -2.18. The minimum Gasteiger partial charge on any atom is -0.358 e. The second-order valence-electron chi connectivity index (χ2n) is 3.43. The predicted octanol–water partition coefficient (Wildman–Crippen LogP) is 2.92. The molecule has 1 heterocycles. The van der Waals surface area contributed by atoms with Gasteiger partial charge in [-0.15, -0.1) is 11.6 Å². The van der Waals surface area contributed by atoms with Gasteiger partial charge in [0.25, 0.3) is 0 Å². The SMILES string of the molecule is CCc1nsc(NC(C)CC(C)Cl)n1. The summed E-state index contributed by atoms with van der Waals surface area (Å²) in [5.41, 5.74) is 0. The Morgan fingerprint density at radius 3 is 2.71 bits per heavy atom. The van der Waals surface area contributed by atoms with Crippen LogP contribution in [-0.4, -0.2) is 20.8 Å². The number of halogens is 1. The Labute approximate surface area is 94.1 Å². The van der Waals surface area contributed by atoms with Gasteiger partial charge in [-0.2, -0.15) is 4.37 Å². The van der Waals surface area contributed by atoms with E-state index in [2.05, 4.69) is 28.5 Å². The Balaban J connectivity index is 2.43. The first kappa shape index (κ1) is 11.7. The molecular formula is C9H16ClN3S. The number of aryl methyl sites for hydroxylation is 1. The third-order valence-electron chi connectivity index (χ3n) is 1.83. The number of nitrogens with zero attached hydrogens (tertiary/aromatic N) is 2. The maximum Gasteiger partial charge on any atom is 0.202 e. The molecule has 0 amide bonds. The Morgan fingerprint density at radius 2 is 2.21 bits per heavy atom. The van der Waals surface area contributed by atoms with E-state index < -0.39 is 0 Å². The first-order valence-corrected chi connectivity index (χ1v) is 6.06. The van der Waals surface area contributed by atoms with Crippen molar-refractivity contribution < 1.29 is 0 Å². The molecule has 0 saturated heterocycles. The van der Waals surface area contributed by atoms with Crippen molar-refractivity contribution in [3.8, 4) is 0 Å². The Bertz CT molecular complexity index is 275. The molecule has 0 aromatic carbocycles. The van der Waals surface area contributed by atoms with Crippen LogP contribution in [0.25, 0.3) is 0 Å². The molecule has 5 heteroatoms. The smallest absolute Gasteiger partial charge is 0.202 e. The van der Waals surface area contributed by atoms with Gasteiger partial charge in [0.2, 0.25) is 5.13 Å². The van der Waals surface area contributed by atoms with E-state index in [-0.39, 0.29) is 5.38 Å². The highest BCUT2D eigenvalue weighted by molar-refractivity contribution is 7.09. The van der Waals surface area contributed by atoms with Crippen molar-refractivity contribution in [1.29, 1.82) is 0 Å². The van der Waals surface area contributed by atoms with Crippen LogP contribution < -0.4 is 5.32 Å². The van der Waals surface area contributed by atoms with Gasteiger partial charge in [0.05, 0.1) is 0 Å². The van der Waals surface area contributed by atoms with Gasteiger partial charge in [0, 0.05) is 29.4 Å². The third-order valence-corrected chi connectivity index (χ3v) is 2.69. The zero-order chi connectivity index (χ0) is 10.6. The van der Waals surface area contributed by atoms with Crippen molar-refractivity contribution in [3.63, 3.8) is 0 Å². The maximum absolute atomic E-state index is 5.90. The minimum absolute atomic E-state index is 0.191. The van der Waals surface area contributed by atoms with E-state index in [0.717, 1.165) is 23.8 Å². The van der Waals surface area contributed by atoms with E-state index in [9.17, 15) is 0 Å². The number of hydrogen-bond acceptors (Lipinski definition) is 4. The van der Waals surface area contributed by atoms with Gasteiger partial charge in [-0.3, -0.25) is 0 Å². The summed E-state index contributed by atoms with van der Waals surface area (Å²) in [5, 5.41) is 4.37. The highest BCUT2D eigenvalue weighted by atomic mass is 35.5. The van der Waals surface area contributed by atoms with Crippen molar-refractivity contribution in [2.75, 3.05) is 5.32 Å². The summed E-state index contributed by atoms with van der Waals surface area (Å²) in [5.74, 6) is 0.906. The number of hydrogen-bond donors (Lipinski definition) is 1. The molecule has 0 fully saturated rings. The molecule has 1 aromatic heterocycles. The van der Waals surface area contributed by atoms with Crippen molar-refractivity contribution in [2.24, 2.45) is 0 Å². The maximum atomic E-state index is 5.90. The number of nitrogens with one attached hydrogen (secondary N) is 1. The minimum atomic E-state index is 0.191. The standard InChI is InChI=1S/C9H16ClN3S/c1-4-8-12-9(14-13-8)11-7(3)5-6(2)10/h6-7H,4-5H2,1-3H3,(H,11,12,13). The molecule has 0 aliphatic rings. The van der Waals surface area contributed by atoms with E-state index in [1.165, 1.54) is 11.5 Å². The molecule has 2 unspecified atom stereocenters. The van der Waals surface area contributed by atoms with Crippen molar-refractivity contribution >= 4 is 28.3 Å². The van der Waals surface area contributed by atoms with Crippen LogP contribution in [0.15, 0.2) is 0 Å². The fourth-order valence-electron chi connectivity index (χ4n) is 1.21. The summed E-state index contributed by atoms with van der Waals surface area (Å²) < 4.78 is 4.20. The van der Waals surface area contributed by atoms with Gasteiger partial charge in [-0.1, -0.05) is 6.92 Å². The van der Waals surface area contributed by atoms with Crippen LogP contribution in [-0.2, 0) is 6.42 Å². The normalized spacial score (nSPS) is 15.1. The predicted molar refractivity (Wildman–Crippen MR) is 62.3 cm³/mol. The van der Waals surface area contributed by atoms with Crippen LogP contribution >= 0.6 is 23.1 Å². The lowest BCUT2D eigenvalue weighted by atomic mass is 10.2. The Hall–Kier alpha value is -0.350. The molecule has 0 spiro atoms. The van der Waals surface area contributed by atoms with Gasteiger partial charge in [-0.05, 0) is 20.3 Å². The van der Waals surface area contributed by atoms with Gasteiger partial charge in [0.15, 0.2) is 0 Å². The second-order valence-corrected chi connectivity index (χ2v) is 4.93. The van der Waals surface area contributed by atoms with Gasteiger partial charge >= 0.3 is 0 Å². The van der Waals surface area contributed by atoms with Gasteiger partial charge in [-0.25, -0.2) is 4.98 Å². The van der Waals surface area contributed by atoms with E-state index in [0.29, 0.717) is 6.04 Å². The van der Waals surface area contributed by atoms with Crippen LogP contribution in [0.2, 0.25) is 0 Å². The first-order valence-electron chi connectivity index (χ1n) is 4.85. The molecular weight excluding hydrogens is 218 g/mol. The summed E-state index contributed by atoms with van der Waals surface area (Å²) in [6.07, 6.45) is 1.82. The molecule has 0 saturated carbocycles. The fraction of sp³-hybridized carbons (Fsp3) is 0.778. The average molecular weight is 234 g/mol. The van der Waals surface area contributed by atoms with Crippen LogP contribution in [0, 0.1) is 0 Å². The van der Waals surface area contributed by atoms with E-state index in [1.54, 1.807) is 0 Å². The molecule has 1 aromatic rings. The summed E-state index contributed by atoms with van der Waals surface area (Å²) in [4.78, 5) is 4.33. The number of aromatic nitrogens is 2. The van der Waals surface area contributed by atoms with Gasteiger partial charge < -0.3 is 5.32 Å². The number of alkyl halides is 1. The second kappa shape index (κ2) is 5.51. The fourth-order valence-corrected chi connectivity index (χ4v) is 2.24. The summed E-state index contributed by atoms with van der Waals surface area (Å²) in [7, 11) is 0. The lowest BCUT2D eigenvalue weighted by molar-refractivity contribution is 0.695. The molecule has 80 valence electrons. The first-order chi connectivity index (χ1) is 6.61. The molecule has 0 bridgehead atoms. The zero-order valence-corrected chi connectivity index (χ0v) is 10.3. The van der Waals surface area contributed by atoms with Crippen LogP contribution in [0.5, 0.6) is 0 Å². The van der Waals surface area contributed by atoms with Gasteiger partial charge in [0.1, 0.15) is 5.82 Å². The number of rotatable bonds is 5. The largest absolute Gasteiger partial charge is 0.358 e. The number of anilines is 1. The highest BCUT2D eigenvalue weighted by Crippen LogP contribution is 2.15. The van der Waals surface area contributed by atoms with Crippen LogP contribution in [0.4, 0.5) is 5.13 Å². The molecule has 0 aliphatic heterocycles. The van der Waals surface area contributed by atoms with Crippen molar-refractivity contribution in [3.05, 3.63) is 5.82 Å². The molecule has 2 atom stereocenters. The Morgan fingerprint density at radius 1 is 1.50 bits per heavy atom. The molecule has 1 rings (SSSR count). The molecule has 0 aliphatic carbocycles. The molecule has 0 radical (unpaired) electrons. The topological polar surface area (TPSA) is 37.8 Å². The third kappa shape index (κ3) is 3.80. The molecule has 3 nitrogen and oxygen atoms in total. The van der Waals surface area contributed by atoms with E-state index in [4.69, 9.17) is 11.6 Å². The summed E-state index contributed by atoms with van der Waals surface area (Å²) >= 11 is 7.31. The van der Waals surface area contributed by atoms with E-state index in [1.807, 2.05) is 6.92 Å². The lowest BCUT2D eigenvalue weighted by Gasteiger charge is -2.13. The van der Waals surface area contributed by atoms with Crippen LogP contribution in [0.1, 0.15) is 33.0 Å². The van der Waals surface area contributed by atoms with Crippen molar-refractivity contribution in [2.45, 2.75) is 45.0 Å². The van der Waals surface area contributed by atoms with E-state index >= 15 is 0 Å². The zero-order valence-electron chi connectivity index (χ0n) is 8.75. The molecule has 14 heavy (non-hydrogen) atoms. The quantitative estimate of drug-likeness (QED) is 0.795. The monoisotopic (exact) mass is 233 g/mol.